The largest absolute Gasteiger partial charge is 0.437 e. The number of aryl methyl sites for hydroxylation is 1. The van der Waals surface area contributed by atoms with Gasteiger partial charge in [-0.3, -0.25) is 0 Å². The molecule has 0 unspecified atom stereocenters. The third-order valence-electron chi connectivity index (χ3n) is 5.18. The second kappa shape index (κ2) is 7.03. The molecule has 1 fully saturated rings. The van der Waals surface area contributed by atoms with Crippen LogP contribution in [-0.4, -0.2) is 44.5 Å². The van der Waals surface area contributed by atoms with Gasteiger partial charge in [0.05, 0.1) is 5.02 Å². The standard InChI is InChI=1S/C19H22BClN4O/c1-13-7-8-17-19(22-13)25(14-9-11-24(12-10-14)20(2)26)18(23-17)15-5-3-4-6-16(15)21/h3-8,14,26H,9-12H2,1-2H3. The Hall–Kier alpha value is -1.89. The predicted molar refractivity (Wildman–Crippen MR) is 106 cm³/mol. The maximum absolute atomic E-state index is 9.85. The Morgan fingerprint density at radius 1 is 1.12 bits per heavy atom. The summed E-state index contributed by atoms with van der Waals surface area (Å²) in [6, 6.07) is 12.1. The Morgan fingerprint density at radius 3 is 2.54 bits per heavy atom. The molecule has 3 aromatic rings. The molecular formula is C19H22BClN4O. The third kappa shape index (κ3) is 3.13. The number of imidazole rings is 1. The number of halogens is 1. The highest BCUT2D eigenvalue weighted by Crippen LogP contribution is 2.35. The van der Waals surface area contributed by atoms with E-state index in [1.54, 1.807) is 0 Å². The highest BCUT2D eigenvalue weighted by Gasteiger charge is 2.28. The molecule has 1 aliphatic heterocycles. The van der Waals surface area contributed by atoms with E-state index in [1.807, 2.05) is 50.1 Å². The fourth-order valence-electron chi connectivity index (χ4n) is 3.76. The zero-order chi connectivity index (χ0) is 18.3. The molecule has 26 heavy (non-hydrogen) atoms. The van der Waals surface area contributed by atoms with Crippen LogP contribution in [0.25, 0.3) is 22.6 Å². The molecule has 0 saturated carbocycles. The molecule has 134 valence electrons. The maximum atomic E-state index is 9.85. The first-order valence-electron chi connectivity index (χ1n) is 9.07. The van der Waals surface area contributed by atoms with E-state index in [2.05, 4.69) is 9.38 Å². The van der Waals surface area contributed by atoms with Crippen LogP contribution < -0.4 is 0 Å². The van der Waals surface area contributed by atoms with E-state index >= 15 is 0 Å². The SMILES string of the molecule is CB(O)N1CCC(n2c(-c3ccccc3Cl)nc3ccc(C)nc32)CC1. The van der Waals surface area contributed by atoms with Crippen molar-refractivity contribution in [2.75, 3.05) is 13.1 Å². The molecule has 0 radical (unpaired) electrons. The monoisotopic (exact) mass is 368 g/mol. The topological polar surface area (TPSA) is 54.2 Å². The Bertz CT molecular complexity index is 934. The van der Waals surface area contributed by atoms with E-state index in [0.717, 1.165) is 54.2 Å². The lowest BCUT2D eigenvalue weighted by molar-refractivity contribution is 0.255. The Labute approximate surface area is 158 Å². The molecule has 0 amide bonds. The van der Waals surface area contributed by atoms with Gasteiger partial charge in [0.1, 0.15) is 11.3 Å². The third-order valence-corrected chi connectivity index (χ3v) is 5.51. The molecule has 3 heterocycles. The predicted octanol–water partition coefficient (Wildman–Crippen LogP) is 3.81. The van der Waals surface area contributed by atoms with E-state index in [1.165, 1.54) is 0 Å². The van der Waals surface area contributed by atoms with Crippen molar-refractivity contribution in [2.45, 2.75) is 32.6 Å². The molecule has 0 aliphatic carbocycles. The second-order valence-corrected chi connectivity index (χ2v) is 7.39. The number of fused-ring (bicyclic) bond motifs is 1. The van der Waals surface area contributed by atoms with Crippen LogP contribution >= 0.6 is 11.6 Å². The van der Waals surface area contributed by atoms with Gasteiger partial charge in [-0.15, -0.1) is 0 Å². The van der Waals surface area contributed by atoms with Gasteiger partial charge in [0.25, 0.3) is 0 Å². The molecule has 5 nitrogen and oxygen atoms in total. The van der Waals surface area contributed by atoms with Crippen LogP contribution in [0.5, 0.6) is 0 Å². The highest BCUT2D eigenvalue weighted by molar-refractivity contribution is 6.45. The first kappa shape index (κ1) is 17.5. The maximum Gasteiger partial charge on any atom is 0.376 e. The summed E-state index contributed by atoms with van der Waals surface area (Å²) in [5.41, 5.74) is 3.72. The Morgan fingerprint density at radius 2 is 1.85 bits per heavy atom. The molecule has 2 aromatic heterocycles. The van der Waals surface area contributed by atoms with E-state index in [9.17, 15) is 5.02 Å². The van der Waals surface area contributed by atoms with Gasteiger partial charge in [0.2, 0.25) is 0 Å². The van der Waals surface area contributed by atoms with E-state index < -0.39 is 7.05 Å². The zero-order valence-corrected chi connectivity index (χ0v) is 15.8. The summed E-state index contributed by atoms with van der Waals surface area (Å²) in [6.07, 6.45) is 1.90. The van der Waals surface area contributed by atoms with Crippen LogP contribution in [0.4, 0.5) is 0 Å². The van der Waals surface area contributed by atoms with Crippen molar-refractivity contribution in [1.82, 2.24) is 19.3 Å². The Balaban J connectivity index is 1.83. The Kier molecular flexibility index (Phi) is 4.74. The summed E-state index contributed by atoms with van der Waals surface area (Å²) in [4.78, 5) is 11.7. The van der Waals surface area contributed by atoms with E-state index in [0.29, 0.717) is 5.02 Å². The molecule has 1 saturated heterocycles. The molecule has 1 aliphatic rings. The van der Waals surface area contributed by atoms with Crippen molar-refractivity contribution in [3.63, 3.8) is 0 Å². The smallest absolute Gasteiger partial charge is 0.376 e. The summed E-state index contributed by atoms with van der Waals surface area (Å²) in [6.45, 7) is 5.54. The number of pyridine rings is 1. The quantitative estimate of drug-likeness (QED) is 0.714. The van der Waals surface area contributed by atoms with Crippen molar-refractivity contribution in [3.05, 3.63) is 47.1 Å². The van der Waals surface area contributed by atoms with Gasteiger partial charge >= 0.3 is 7.05 Å². The van der Waals surface area contributed by atoms with Crippen LogP contribution in [0.3, 0.4) is 0 Å². The molecular weight excluding hydrogens is 347 g/mol. The normalized spacial score (nSPS) is 16.3. The summed E-state index contributed by atoms with van der Waals surface area (Å²) in [7, 11) is -0.404. The first-order valence-corrected chi connectivity index (χ1v) is 9.45. The molecule has 1 N–H and O–H groups in total. The van der Waals surface area contributed by atoms with Crippen LogP contribution in [0.1, 0.15) is 24.6 Å². The molecule has 0 spiro atoms. The molecule has 1 aromatic carbocycles. The summed E-state index contributed by atoms with van der Waals surface area (Å²) >= 11 is 6.48. The van der Waals surface area contributed by atoms with Gasteiger partial charge in [0.15, 0.2) is 5.65 Å². The fourth-order valence-corrected chi connectivity index (χ4v) is 3.98. The summed E-state index contributed by atoms with van der Waals surface area (Å²) in [5.74, 6) is 0.874. The molecule has 7 heteroatoms. The zero-order valence-electron chi connectivity index (χ0n) is 15.1. The number of hydrogen-bond acceptors (Lipinski definition) is 4. The van der Waals surface area contributed by atoms with Crippen LogP contribution in [0.15, 0.2) is 36.4 Å². The van der Waals surface area contributed by atoms with Gasteiger partial charge in [-0.2, -0.15) is 0 Å². The number of nitrogens with zero attached hydrogens (tertiary/aromatic N) is 4. The van der Waals surface area contributed by atoms with Gasteiger partial charge in [-0.1, -0.05) is 23.7 Å². The van der Waals surface area contributed by atoms with Crippen molar-refractivity contribution in [3.8, 4) is 11.4 Å². The highest BCUT2D eigenvalue weighted by atomic mass is 35.5. The van der Waals surface area contributed by atoms with Crippen molar-refractivity contribution in [2.24, 2.45) is 0 Å². The lowest BCUT2D eigenvalue weighted by Crippen LogP contribution is -2.43. The molecule has 0 bridgehead atoms. The molecule has 4 rings (SSSR count). The van der Waals surface area contributed by atoms with Gasteiger partial charge in [0, 0.05) is 17.3 Å². The second-order valence-electron chi connectivity index (χ2n) is 6.98. The summed E-state index contributed by atoms with van der Waals surface area (Å²) < 4.78 is 2.25. The lowest BCUT2D eigenvalue weighted by Gasteiger charge is -2.34. The van der Waals surface area contributed by atoms with Gasteiger partial charge < -0.3 is 14.4 Å². The van der Waals surface area contributed by atoms with Crippen molar-refractivity contribution < 1.29 is 5.02 Å². The average Bonchev–Trinajstić information content (AvgIpc) is 3.00. The number of hydrogen-bond donors (Lipinski definition) is 1. The van der Waals surface area contributed by atoms with Gasteiger partial charge in [-0.05, 0) is 63.9 Å². The van der Waals surface area contributed by atoms with E-state index in [-0.39, 0.29) is 6.04 Å². The first-order chi connectivity index (χ1) is 12.5. The van der Waals surface area contributed by atoms with Crippen LogP contribution in [0, 0.1) is 6.92 Å². The minimum absolute atomic E-state index is 0.288. The molecule has 0 atom stereocenters. The number of piperidine rings is 1. The minimum atomic E-state index is -0.404. The lowest BCUT2D eigenvalue weighted by atomic mass is 9.82. The fraction of sp³-hybridized carbons (Fsp3) is 0.368. The van der Waals surface area contributed by atoms with Crippen molar-refractivity contribution in [1.29, 1.82) is 0 Å². The van der Waals surface area contributed by atoms with E-state index in [4.69, 9.17) is 21.6 Å². The number of aromatic nitrogens is 3. The summed E-state index contributed by atoms with van der Waals surface area (Å²) in [5, 5.41) is 10.5. The number of rotatable bonds is 3. The average molecular weight is 369 g/mol. The van der Waals surface area contributed by atoms with Crippen molar-refractivity contribution >= 4 is 29.8 Å². The van der Waals surface area contributed by atoms with Gasteiger partial charge in [-0.25, -0.2) is 9.97 Å². The van der Waals surface area contributed by atoms with Crippen LogP contribution in [0.2, 0.25) is 11.8 Å². The van der Waals surface area contributed by atoms with Crippen LogP contribution in [-0.2, 0) is 0 Å². The number of benzene rings is 1. The minimum Gasteiger partial charge on any atom is -0.437 e.